The summed E-state index contributed by atoms with van der Waals surface area (Å²) in [7, 11) is 0. The molecule has 0 atom stereocenters. The topological polar surface area (TPSA) is 66.2 Å². The SMILES string of the molecule is CCOSOc1cc2cc(I)ccc2nc1-n1cnc2cc(C)ccc2c1=O. The summed E-state index contributed by atoms with van der Waals surface area (Å²) in [4.78, 5) is 22.2. The van der Waals surface area contributed by atoms with Gasteiger partial charge in [-0.15, -0.1) is 0 Å². The van der Waals surface area contributed by atoms with Gasteiger partial charge in [0.25, 0.3) is 5.56 Å². The summed E-state index contributed by atoms with van der Waals surface area (Å²) in [6.07, 6.45) is 1.49. The van der Waals surface area contributed by atoms with Crippen LogP contribution in [0.25, 0.3) is 27.6 Å². The second-order valence-electron chi connectivity index (χ2n) is 6.15. The van der Waals surface area contributed by atoms with E-state index in [2.05, 4.69) is 32.6 Å². The van der Waals surface area contributed by atoms with Gasteiger partial charge in [0.15, 0.2) is 11.6 Å². The Kier molecular flexibility index (Phi) is 5.51. The van der Waals surface area contributed by atoms with Crippen molar-refractivity contribution in [1.29, 1.82) is 0 Å². The molecular formula is C20H16IN3O3S. The molecule has 0 saturated carbocycles. The minimum Gasteiger partial charge on any atom is -0.396 e. The van der Waals surface area contributed by atoms with Crippen LogP contribution in [0.1, 0.15) is 12.5 Å². The van der Waals surface area contributed by atoms with E-state index in [-0.39, 0.29) is 5.56 Å². The van der Waals surface area contributed by atoms with Crippen molar-refractivity contribution in [3.05, 3.63) is 68.3 Å². The van der Waals surface area contributed by atoms with Gasteiger partial charge in [-0.3, -0.25) is 8.98 Å². The summed E-state index contributed by atoms with van der Waals surface area (Å²) in [5.41, 5.74) is 2.27. The Morgan fingerprint density at radius 3 is 2.82 bits per heavy atom. The van der Waals surface area contributed by atoms with E-state index in [0.29, 0.717) is 29.1 Å². The number of hydrogen-bond donors (Lipinski definition) is 0. The van der Waals surface area contributed by atoms with Crippen molar-refractivity contribution in [2.75, 3.05) is 6.61 Å². The normalized spacial score (nSPS) is 11.2. The van der Waals surface area contributed by atoms with E-state index in [0.717, 1.165) is 32.4 Å². The lowest BCUT2D eigenvalue weighted by Crippen LogP contribution is -2.20. The molecule has 0 fully saturated rings. The first-order chi connectivity index (χ1) is 13.6. The molecule has 6 nitrogen and oxygen atoms in total. The molecule has 4 rings (SSSR count). The van der Waals surface area contributed by atoms with Crippen molar-refractivity contribution in [2.45, 2.75) is 13.8 Å². The summed E-state index contributed by atoms with van der Waals surface area (Å²) >= 11 is 3.11. The standard InChI is InChI=1S/C20H16IN3O3S/c1-3-26-28-27-18-10-13-9-14(21)5-7-16(13)23-19(18)24-11-22-17-8-12(2)4-6-15(17)20(24)25/h4-11H,3H2,1-2H3. The lowest BCUT2D eigenvalue weighted by molar-refractivity contribution is 0.369. The highest BCUT2D eigenvalue weighted by atomic mass is 127. The average molecular weight is 505 g/mol. The van der Waals surface area contributed by atoms with E-state index in [4.69, 9.17) is 8.37 Å². The number of aromatic nitrogens is 3. The van der Waals surface area contributed by atoms with Crippen molar-refractivity contribution in [2.24, 2.45) is 0 Å². The van der Waals surface area contributed by atoms with Gasteiger partial charge in [0.05, 0.1) is 23.0 Å². The summed E-state index contributed by atoms with van der Waals surface area (Å²) in [5.74, 6) is 0.809. The Hall–Kier alpha value is -2.17. The van der Waals surface area contributed by atoms with E-state index in [1.165, 1.54) is 10.9 Å². The molecule has 0 unspecified atom stereocenters. The van der Waals surface area contributed by atoms with Crippen molar-refractivity contribution in [3.63, 3.8) is 0 Å². The number of rotatable bonds is 5. The lowest BCUT2D eigenvalue weighted by atomic mass is 10.2. The minimum absolute atomic E-state index is 0.200. The Labute approximate surface area is 179 Å². The second kappa shape index (κ2) is 8.06. The molecule has 0 amide bonds. The van der Waals surface area contributed by atoms with Crippen LogP contribution in [-0.2, 0) is 4.18 Å². The Balaban J connectivity index is 1.93. The van der Waals surface area contributed by atoms with Crippen molar-refractivity contribution < 1.29 is 8.37 Å². The molecule has 142 valence electrons. The molecule has 2 heterocycles. The first-order valence-corrected chi connectivity index (χ1v) is 10.4. The molecular weight excluding hydrogens is 489 g/mol. The van der Waals surface area contributed by atoms with E-state index < -0.39 is 0 Å². The first-order valence-electron chi connectivity index (χ1n) is 8.61. The quantitative estimate of drug-likeness (QED) is 0.220. The molecule has 0 aliphatic heterocycles. The fourth-order valence-electron chi connectivity index (χ4n) is 2.84. The second-order valence-corrected chi connectivity index (χ2v) is 7.93. The molecule has 0 aliphatic rings. The maximum atomic E-state index is 13.1. The first kappa shape index (κ1) is 19.2. The highest BCUT2D eigenvalue weighted by molar-refractivity contribution is 14.1. The highest BCUT2D eigenvalue weighted by Gasteiger charge is 2.15. The van der Waals surface area contributed by atoms with Gasteiger partial charge in [-0.2, -0.15) is 0 Å². The van der Waals surface area contributed by atoms with Crippen LogP contribution < -0.4 is 9.74 Å². The van der Waals surface area contributed by atoms with Gasteiger partial charge < -0.3 is 4.18 Å². The lowest BCUT2D eigenvalue weighted by Gasteiger charge is -2.12. The van der Waals surface area contributed by atoms with E-state index in [9.17, 15) is 4.79 Å². The van der Waals surface area contributed by atoms with Crippen LogP contribution in [0.3, 0.4) is 0 Å². The third kappa shape index (κ3) is 3.71. The Morgan fingerprint density at radius 2 is 2.00 bits per heavy atom. The van der Waals surface area contributed by atoms with E-state index in [1.807, 2.05) is 50.2 Å². The van der Waals surface area contributed by atoms with Gasteiger partial charge in [0.1, 0.15) is 6.33 Å². The maximum Gasteiger partial charge on any atom is 0.267 e. The van der Waals surface area contributed by atoms with Gasteiger partial charge in [-0.25, -0.2) is 14.5 Å². The summed E-state index contributed by atoms with van der Waals surface area (Å²) in [6.45, 7) is 4.34. The van der Waals surface area contributed by atoms with Crippen LogP contribution >= 0.6 is 34.9 Å². The van der Waals surface area contributed by atoms with Gasteiger partial charge in [0, 0.05) is 8.96 Å². The molecule has 28 heavy (non-hydrogen) atoms. The molecule has 0 radical (unpaired) electrons. The minimum atomic E-state index is -0.200. The molecule has 0 saturated heterocycles. The summed E-state index contributed by atoms with van der Waals surface area (Å²) in [5, 5.41) is 1.45. The van der Waals surface area contributed by atoms with E-state index >= 15 is 0 Å². The fourth-order valence-corrected chi connectivity index (χ4v) is 3.70. The largest absolute Gasteiger partial charge is 0.396 e. The number of pyridine rings is 1. The van der Waals surface area contributed by atoms with Gasteiger partial charge >= 0.3 is 0 Å². The van der Waals surface area contributed by atoms with Crippen LogP contribution in [0.15, 0.2) is 53.6 Å². The molecule has 4 aromatic rings. The highest BCUT2D eigenvalue weighted by Crippen LogP contribution is 2.29. The number of nitrogens with zero attached hydrogens (tertiary/aromatic N) is 3. The number of halogens is 1. The number of fused-ring (bicyclic) bond motifs is 2. The molecule has 8 heteroatoms. The predicted octanol–water partition coefficient (Wildman–Crippen LogP) is 4.83. The Bertz CT molecular complexity index is 1240. The third-order valence-corrected chi connectivity index (χ3v) is 5.41. The molecule has 2 aromatic heterocycles. The van der Waals surface area contributed by atoms with E-state index in [1.54, 1.807) is 6.07 Å². The summed E-state index contributed by atoms with van der Waals surface area (Å²) in [6, 6.07) is 13.3. The van der Waals surface area contributed by atoms with Gasteiger partial charge in [-0.05, 0) is 78.4 Å². The molecule has 0 spiro atoms. The monoisotopic (exact) mass is 505 g/mol. The van der Waals surface area contributed by atoms with Crippen LogP contribution in [0.2, 0.25) is 0 Å². The zero-order chi connectivity index (χ0) is 19.7. The van der Waals surface area contributed by atoms with Crippen molar-refractivity contribution in [1.82, 2.24) is 14.5 Å². The third-order valence-electron chi connectivity index (χ3n) is 4.16. The van der Waals surface area contributed by atoms with Crippen LogP contribution in [0.5, 0.6) is 5.75 Å². The Morgan fingerprint density at radius 1 is 1.14 bits per heavy atom. The van der Waals surface area contributed by atoms with Gasteiger partial charge in [-0.1, -0.05) is 6.07 Å². The van der Waals surface area contributed by atoms with Crippen LogP contribution in [-0.4, -0.2) is 21.1 Å². The van der Waals surface area contributed by atoms with Crippen molar-refractivity contribution in [3.8, 4) is 11.6 Å². The zero-order valence-corrected chi connectivity index (χ0v) is 18.2. The predicted molar refractivity (Wildman–Crippen MR) is 120 cm³/mol. The fraction of sp³-hybridized carbons (Fsp3) is 0.150. The number of hydrogen-bond acceptors (Lipinski definition) is 6. The molecule has 0 N–H and O–H groups in total. The summed E-state index contributed by atoms with van der Waals surface area (Å²) < 4.78 is 13.4. The zero-order valence-electron chi connectivity index (χ0n) is 15.2. The van der Waals surface area contributed by atoms with Gasteiger partial charge in [0.2, 0.25) is 12.3 Å². The van der Waals surface area contributed by atoms with Crippen LogP contribution in [0, 0.1) is 10.5 Å². The van der Waals surface area contributed by atoms with Crippen LogP contribution in [0.4, 0.5) is 0 Å². The number of aryl methyl sites for hydroxylation is 1. The molecule has 2 aromatic carbocycles. The average Bonchev–Trinajstić information content (AvgIpc) is 2.68. The van der Waals surface area contributed by atoms with Crippen molar-refractivity contribution >= 4 is 56.7 Å². The number of benzene rings is 2. The molecule has 0 bridgehead atoms. The maximum absolute atomic E-state index is 13.1. The molecule has 0 aliphatic carbocycles. The smallest absolute Gasteiger partial charge is 0.267 e.